The fourth-order valence-corrected chi connectivity index (χ4v) is 0.957. The molecule has 58 valence electrons. The monoisotopic (exact) mass is 172 g/mol. The van der Waals surface area contributed by atoms with Crippen LogP contribution < -0.4 is 0 Å². The van der Waals surface area contributed by atoms with Crippen molar-refractivity contribution in [1.29, 1.82) is 0 Å². The summed E-state index contributed by atoms with van der Waals surface area (Å²) in [5, 5.41) is 8.80. The molecule has 0 saturated carbocycles. The fourth-order valence-electron chi connectivity index (χ4n) is 0.487. The largest absolute Gasteiger partial charge is 0.475 e. The molecule has 0 unspecified atom stereocenters. The van der Waals surface area contributed by atoms with Crippen molar-refractivity contribution < 1.29 is 14.7 Å². The van der Waals surface area contributed by atoms with Crippen molar-refractivity contribution >= 4 is 23.3 Å². The summed E-state index contributed by atoms with van der Waals surface area (Å²) >= 11 is 1.00. The number of Topliss-reactive ketones (excluding diaryl/α,β-unsaturated/α-hetero) is 1. The van der Waals surface area contributed by atoms with Gasteiger partial charge in [-0.3, -0.25) is 4.79 Å². The molecule has 1 aromatic rings. The summed E-state index contributed by atoms with van der Waals surface area (Å²) in [6, 6.07) is 0. The van der Waals surface area contributed by atoms with E-state index >= 15 is 0 Å². The van der Waals surface area contributed by atoms with Crippen LogP contribution in [-0.4, -0.2) is 26.2 Å². The van der Waals surface area contributed by atoms with Crippen molar-refractivity contribution in [2.45, 2.75) is 6.92 Å². The Labute approximate surface area is 65.9 Å². The van der Waals surface area contributed by atoms with Gasteiger partial charge in [-0.15, -0.1) is 0 Å². The summed E-state index contributed by atoms with van der Waals surface area (Å²) in [5.74, 6) is -2.82. The number of aryl methyl sites for hydroxylation is 1. The third kappa shape index (κ3) is 1.58. The zero-order chi connectivity index (χ0) is 8.43. The highest BCUT2D eigenvalue weighted by molar-refractivity contribution is 7.05. The zero-order valence-electron chi connectivity index (χ0n) is 5.57. The number of aromatic nitrogens is 2. The molecule has 0 saturated heterocycles. The molecule has 1 rings (SSSR count). The normalized spacial score (nSPS) is 9.55. The van der Waals surface area contributed by atoms with Crippen LogP contribution in [-0.2, 0) is 4.79 Å². The Morgan fingerprint density at radius 2 is 2.18 bits per heavy atom. The van der Waals surface area contributed by atoms with E-state index in [1.54, 1.807) is 6.92 Å². The van der Waals surface area contributed by atoms with Gasteiger partial charge in [-0.25, -0.2) is 9.78 Å². The molecule has 0 atom stereocenters. The Kier molecular flexibility index (Phi) is 1.95. The molecule has 0 amide bonds. The van der Waals surface area contributed by atoms with E-state index in [-0.39, 0.29) is 5.82 Å². The van der Waals surface area contributed by atoms with E-state index in [4.69, 9.17) is 5.11 Å². The minimum absolute atomic E-state index is 0.236. The van der Waals surface area contributed by atoms with E-state index in [2.05, 4.69) is 9.36 Å². The van der Waals surface area contributed by atoms with Gasteiger partial charge in [0, 0.05) is 0 Å². The number of carbonyl (C=O) groups excluding carboxylic acids is 1. The van der Waals surface area contributed by atoms with Crippen molar-refractivity contribution in [3.63, 3.8) is 0 Å². The van der Waals surface area contributed by atoms with Gasteiger partial charge in [0.25, 0.3) is 0 Å². The summed E-state index contributed by atoms with van der Waals surface area (Å²) in [4.78, 5) is 24.3. The van der Waals surface area contributed by atoms with Gasteiger partial charge in [-0.05, 0) is 18.5 Å². The lowest BCUT2D eigenvalue weighted by atomic mass is 10.4. The average molecular weight is 172 g/mol. The van der Waals surface area contributed by atoms with Gasteiger partial charge >= 0.3 is 11.8 Å². The molecular formula is C5H4N2O3S. The van der Waals surface area contributed by atoms with E-state index in [9.17, 15) is 9.59 Å². The van der Waals surface area contributed by atoms with Crippen LogP contribution >= 0.6 is 11.5 Å². The topological polar surface area (TPSA) is 80.2 Å². The third-order valence-electron chi connectivity index (χ3n) is 0.925. The van der Waals surface area contributed by atoms with Gasteiger partial charge in [0.2, 0.25) is 5.82 Å². The number of nitrogens with zero attached hydrogens (tertiary/aromatic N) is 2. The summed E-state index contributed by atoms with van der Waals surface area (Å²) in [7, 11) is 0. The maximum absolute atomic E-state index is 10.6. The number of carboxylic acids is 1. The molecule has 0 radical (unpaired) electrons. The van der Waals surface area contributed by atoms with E-state index in [0.29, 0.717) is 5.01 Å². The zero-order valence-corrected chi connectivity index (χ0v) is 6.38. The predicted octanol–water partition coefficient (Wildman–Crippen LogP) is 0.114. The molecule has 0 aromatic carbocycles. The molecule has 0 aliphatic heterocycles. The maximum atomic E-state index is 10.6. The molecule has 1 aromatic heterocycles. The summed E-state index contributed by atoms with van der Waals surface area (Å²) in [6.45, 7) is 1.65. The van der Waals surface area contributed by atoms with Crippen LogP contribution in [0.2, 0.25) is 0 Å². The van der Waals surface area contributed by atoms with Crippen LogP contribution in [0.3, 0.4) is 0 Å². The first-order valence-corrected chi connectivity index (χ1v) is 3.46. The van der Waals surface area contributed by atoms with Crippen LogP contribution in [0.25, 0.3) is 0 Å². The lowest BCUT2D eigenvalue weighted by Crippen LogP contribution is -2.14. The highest BCUT2D eigenvalue weighted by atomic mass is 32.1. The number of carbonyl (C=O) groups is 2. The van der Waals surface area contributed by atoms with Crippen LogP contribution in [0.15, 0.2) is 0 Å². The second kappa shape index (κ2) is 2.75. The van der Waals surface area contributed by atoms with Gasteiger partial charge in [0.1, 0.15) is 5.01 Å². The fraction of sp³-hybridized carbons (Fsp3) is 0.200. The Morgan fingerprint density at radius 3 is 2.55 bits per heavy atom. The molecule has 0 fully saturated rings. The highest BCUT2D eigenvalue weighted by Gasteiger charge is 2.18. The summed E-state index contributed by atoms with van der Waals surface area (Å²) in [5.41, 5.74) is 0. The molecule has 0 spiro atoms. The molecule has 0 bridgehead atoms. The van der Waals surface area contributed by atoms with Gasteiger partial charge in [-0.1, -0.05) is 0 Å². The highest BCUT2D eigenvalue weighted by Crippen LogP contribution is 2.02. The standard InChI is InChI=1S/C5H4N2O3S/c1-2-6-4(7-11-2)3(8)5(9)10/h1H3,(H,9,10). The first-order valence-electron chi connectivity index (χ1n) is 2.69. The van der Waals surface area contributed by atoms with E-state index in [1.807, 2.05) is 0 Å². The molecule has 1 heterocycles. The van der Waals surface area contributed by atoms with Crippen LogP contribution in [0.1, 0.15) is 15.6 Å². The van der Waals surface area contributed by atoms with Crippen molar-refractivity contribution in [2.24, 2.45) is 0 Å². The predicted molar refractivity (Wildman–Crippen MR) is 36.6 cm³/mol. The van der Waals surface area contributed by atoms with Crippen LogP contribution in [0.4, 0.5) is 0 Å². The molecule has 0 aliphatic carbocycles. The lowest BCUT2D eigenvalue weighted by Gasteiger charge is -1.83. The summed E-state index contributed by atoms with van der Waals surface area (Å²) < 4.78 is 3.54. The van der Waals surface area contributed by atoms with Crippen molar-refractivity contribution in [3.05, 3.63) is 10.8 Å². The molecule has 6 heteroatoms. The lowest BCUT2D eigenvalue weighted by molar-refractivity contribution is -0.131. The quantitative estimate of drug-likeness (QED) is 0.506. The second-order valence-electron chi connectivity index (χ2n) is 1.77. The van der Waals surface area contributed by atoms with Gasteiger partial charge in [0.15, 0.2) is 0 Å². The van der Waals surface area contributed by atoms with E-state index < -0.39 is 11.8 Å². The van der Waals surface area contributed by atoms with Crippen LogP contribution in [0, 0.1) is 6.92 Å². The van der Waals surface area contributed by atoms with Crippen molar-refractivity contribution in [3.8, 4) is 0 Å². The minimum Gasteiger partial charge on any atom is -0.475 e. The van der Waals surface area contributed by atoms with E-state index in [1.165, 1.54) is 0 Å². The first kappa shape index (κ1) is 7.80. The SMILES string of the molecule is Cc1nc(C(=O)C(=O)O)ns1. The van der Waals surface area contributed by atoms with Gasteiger partial charge < -0.3 is 5.11 Å². The number of carboxylic acid groups (broad SMARTS) is 1. The molecule has 1 N–H and O–H groups in total. The Bertz CT molecular complexity index is 306. The van der Waals surface area contributed by atoms with Gasteiger partial charge in [0.05, 0.1) is 0 Å². The number of hydrogen-bond acceptors (Lipinski definition) is 5. The maximum Gasteiger partial charge on any atom is 0.380 e. The number of aliphatic carboxylic acids is 1. The first-order chi connectivity index (χ1) is 5.11. The van der Waals surface area contributed by atoms with Gasteiger partial charge in [-0.2, -0.15) is 4.37 Å². The Morgan fingerprint density at radius 1 is 1.55 bits per heavy atom. The Balaban J connectivity index is 2.94. The number of hydrogen-bond donors (Lipinski definition) is 1. The number of ketones is 1. The third-order valence-corrected chi connectivity index (χ3v) is 1.54. The second-order valence-corrected chi connectivity index (χ2v) is 2.73. The number of rotatable bonds is 2. The Hall–Kier alpha value is -1.30. The molecular weight excluding hydrogens is 168 g/mol. The summed E-state index contributed by atoms with van der Waals surface area (Å²) in [6.07, 6.45) is 0. The van der Waals surface area contributed by atoms with Crippen molar-refractivity contribution in [2.75, 3.05) is 0 Å². The van der Waals surface area contributed by atoms with E-state index in [0.717, 1.165) is 11.5 Å². The van der Waals surface area contributed by atoms with Crippen molar-refractivity contribution in [1.82, 2.24) is 9.36 Å². The average Bonchev–Trinajstić information content (AvgIpc) is 2.34. The molecule has 11 heavy (non-hydrogen) atoms. The minimum atomic E-state index is -1.53. The van der Waals surface area contributed by atoms with Crippen LogP contribution in [0.5, 0.6) is 0 Å². The molecule has 5 nitrogen and oxygen atoms in total. The smallest absolute Gasteiger partial charge is 0.380 e. The molecule has 0 aliphatic rings.